The molecule has 3 rings (SSSR count). The minimum Gasteiger partial charge on any atom is -0.444 e. The third-order valence-electron chi connectivity index (χ3n) is 3.88. The lowest BCUT2D eigenvalue weighted by molar-refractivity contribution is 0.0635. The first-order chi connectivity index (χ1) is 13.7. The van der Waals surface area contributed by atoms with E-state index in [2.05, 4.69) is 15.6 Å². The summed E-state index contributed by atoms with van der Waals surface area (Å²) < 4.78 is 5.33. The molecule has 6 nitrogen and oxygen atoms in total. The first-order valence-corrected chi connectivity index (χ1v) is 10.0. The molecule has 0 aliphatic rings. The molecule has 0 spiro atoms. The highest BCUT2D eigenvalue weighted by atomic mass is 32.1. The van der Waals surface area contributed by atoms with Crippen LogP contribution in [0.25, 0.3) is 10.4 Å². The topological polar surface area (TPSA) is 80.3 Å². The van der Waals surface area contributed by atoms with E-state index in [1.165, 1.54) is 6.20 Å². The number of rotatable bonds is 4. The van der Waals surface area contributed by atoms with E-state index in [0.717, 1.165) is 16.1 Å². The third-order valence-corrected chi connectivity index (χ3v) is 4.80. The van der Waals surface area contributed by atoms with Crippen molar-refractivity contribution in [3.63, 3.8) is 0 Å². The van der Waals surface area contributed by atoms with E-state index in [1.54, 1.807) is 50.3 Å². The quantitative estimate of drug-likeness (QED) is 0.578. The van der Waals surface area contributed by atoms with Gasteiger partial charge in [0.05, 0.1) is 16.9 Å². The number of anilines is 2. The van der Waals surface area contributed by atoms with Crippen molar-refractivity contribution in [2.75, 3.05) is 10.6 Å². The molecule has 0 fully saturated rings. The number of amides is 2. The first kappa shape index (κ1) is 20.5. The third kappa shape index (κ3) is 5.65. The Kier molecular flexibility index (Phi) is 5.98. The molecule has 0 aliphatic heterocycles. The molecule has 2 N–H and O–H groups in total. The standard InChI is InChI=1S/C22H23N3O3S/c1-14-7-8-16(13-23-14)20(26)24-18-12-15(19-6-5-11-29-19)9-10-17(18)25-21(27)28-22(2,3)4/h5-13H,1-4H3,(H,24,26)(H,25,27). The van der Waals surface area contributed by atoms with Crippen LogP contribution in [0.2, 0.25) is 0 Å². The molecule has 1 aromatic carbocycles. The summed E-state index contributed by atoms with van der Waals surface area (Å²) in [6, 6.07) is 12.9. The van der Waals surface area contributed by atoms with Gasteiger partial charge in [-0.3, -0.25) is 15.1 Å². The summed E-state index contributed by atoms with van der Waals surface area (Å²) in [5, 5.41) is 7.57. The maximum Gasteiger partial charge on any atom is 0.412 e. The fourth-order valence-electron chi connectivity index (χ4n) is 2.56. The first-order valence-electron chi connectivity index (χ1n) is 9.13. The number of thiophene rings is 1. The second-order valence-corrected chi connectivity index (χ2v) is 8.45. The summed E-state index contributed by atoms with van der Waals surface area (Å²) >= 11 is 1.59. The number of nitrogens with zero attached hydrogens (tertiary/aromatic N) is 1. The van der Waals surface area contributed by atoms with E-state index in [1.807, 2.05) is 36.6 Å². The molecule has 0 bridgehead atoms. The summed E-state index contributed by atoms with van der Waals surface area (Å²) in [5.41, 5.74) is 2.50. The number of carbonyl (C=O) groups excluding carboxylic acids is 2. The molecule has 0 saturated carbocycles. The van der Waals surface area contributed by atoms with Crippen molar-refractivity contribution < 1.29 is 14.3 Å². The highest BCUT2D eigenvalue weighted by Crippen LogP contribution is 2.32. The van der Waals surface area contributed by atoms with E-state index < -0.39 is 11.7 Å². The molecule has 2 aromatic heterocycles. The van der Waals surface area contributed by atoms with Crippen molar-refractivity contribution in [2.45, 2.75) is 33.3 Å². The average Bonchev–Trinajstić information content (AvgIpc) is 3.16. The molecule has 2 amide bonds. The van der Waals surface area contributed by atoms with Gasteiger partial charge in [0.15, 0.2) is 0 Å². The number of aryl methyl sites for hydroxylation is 1. The minimum atomic E-state index is -0.627. The van der Waals surface area contributed by atoms with Gasteiger partial charge >= 0.3 is 6.09 Å². The highest BCUT2D eigenvalue weighted by Gasteiger charge is 2.18. The van der Waals surface area contributed by atoms with E-state index in [-0.39, 0.29) is 5.91 Å². The van der Waals surface area contributed by atoms with Crippen LogP contribution >= 0.6 is 11.3 Å². The molecule has 0 saturated heterocycles. The lowest BCUT2D eigenvalue weighted by Gasteiger charge is -2.21. The number of benzene rings is 1. The number of ether oxygens (including phenoxy) is 1. The molecule has 150 valence electrons. The van der Waals surface area contributed by atoms with Gasteiger partial charge in [-0.1, -0.05) is 12.1 Å². The van der Waals surface area contributed by atoms with Gasteiger partial charge < -0.3 is 10.1 Å². The SMILES string of the molecule is Cc1ccc(C(=O)Nc2cc(-c3cccs3)ccc2NC(=O)OC(C)(C)C)cn1. The van der Waals surface area contributed by atoms with Crippen LogP contribution in [0.15, 0.2) is 54.0 Å². The van der Waals surface area contributed by atoms with Crippen LogP contribution < -0.4 is 10.6 Å². The number of pyridine rings is 1. The summed E-state index contributed by atoms with van der Waals surface area (Å²) in [6.45, 7) is 7.23. The average molecular weight is 410 g/mol. The van der Waals surface area contributed by atoms with Gasteiger partial charge in [0.1, 0.15) is 5.60 Å². The van der Waals surface area contributed by atoms with Crippen LogP contribution in [-0.2, 0) is 4.74 Å². The Hall–Kier alpha value is -3.19. The Bertz CT molecular complexity index is 1010. The number of carbonyl (C=O) groups is 2. The molecule has 0 radical (unpaired) electrons. The van der Waals surface area contributed by atoms with Crippen molar-refractivity contribution in [3.05, 3.63) is 65.3 Å². The highest BCUT2D eigenvalue weighted by molar-refractivity contribution is 7.13. The monoisotopic (exact) mass is 409 g/mol. The van der Waals surface area contributed by atoms with E-state index >= 15 is 0 Å². The van der Waals surface area contributed by atoms with Gasteiger partial charge in [-0.25, -0.2) is 4.79 Å². The molecule has 7 heteroatoms. The Morgan fingerprint density at radius 1 is 1.03 bits per heavy atom. The lowest BCUT2D eigenvalue weighted by atomic mass is 10.1. The summed E-state index contributed by atoms with van der Waals surface area (Å²) in [4.78, 5) is 30.1. The second-order valence-electron chi connectivity index (χ2n) is 7.51. The van der Waals surface area contributed by atoms with Crippen molar-refractivity contribution in [1.29, 1.82) is 0 Å². The zero-order valence-corrected chi connectivity index (χ0v) is 17.6. The number of hydrogen-bond acceptors (Lipinski definition) is 5. The zero-order valence-electron chi connectivity index (χ0n) is 16.8. The Balaban J connectivity index is 1.90. The Morgan fingerprint density at radius 3 is 2.45 bits per heavy atom. The molecule has 0 atom stereocenters. The van der Waals surface area contributed by atoms with Crippen LogP contribution in [0, 0.1) is 6.92 Å². The lowest BCUT2D eigenvalue weighted by Crippen LogP contribution is -2.27. The van der Waals surface area contributed by atoms with E-state index in [4.69, 9.17) is 4.74 Å². The van der Waals surface area contributed by atoms with Gasteiger partial charge in [0, 0.05) is 16.8 Å². The zero-order chi connectivity index (χ0) is 21.0. The predicted molar refractivity (Wildman–Crippen MR) is 117 cm³/mol. The Morgan fingerprint density at radius 2 is 1.83 bits per heavy atom. The molecular weight excluding hydrogens is 386 g/mol. The fraction of sp³-hybridized carbons (Fsp3) is 0.227. The largest absolute Gasteiger partial charge is 0.444 e. The van der Waals surface area contributed by atoms with Gasteiger partial charge in [-0.2, -0.15) is 0 Å². The fourth-order valence-corrected chi connectivity index (χ4v) is 3.29. The van der Waals surface area contributed by atoms with Crippen molar-refractivity contribution in [1.82, 2.24) is 4.98 Å². The second kappa shape index (κ2) is 8.45. The van der Waals surface area contributed by atoms with Gasteiger partial charge in [-0.05, 0) is 69.0 Å². The number of hydrogen-bond donors (Lipinski definition) is 2. The maximum absolute atomic E-state index is 12.7. The van der Waals surface area contributed by atoms with Gasteiger partial charge in [0.2, 0.25) is 0 Å². The van der Waals surface area contributed by atoms with Crippen LogP contribution in [0.4, 0.5) is 16.2 Å². The molecule has 0 aliphatic carbocycles. The molecule has 29 heavy (non-hydrogen) atoms. The maximum atomic E-state index is 12.7. The van der Waals surface area contributed by atoms with Gasteiger partial charge in [-0.15, -0.1) is 11.3 Å². The van der Waals surface area contributed by atoms with E-state index in [9.17, 15) is 9.59 Å². The van der Waals surface area contributed by atoms with Crippen molar-refractivity contribution in [3.8, 4) is 10.4 Å². The van der Waals surface area contributed by atoms with Crippen LogP contribution in [0.3, 0.4) is 0 Å². The minimum absolute atomic E-state index is 0.312. The molecule has 3 aromatic rings. The van der Waals surface area contributed by atoms with Crippen LogP contribution in [0.1, 0.15) is 36.8 Å². The van der Waals surface area contributed by atoms with Gasteiger partial charge in [0.25, 0.3) is 5.91 Å². The normalized spacial score (nSPS) is 11.0. The summed E-state index contributed by atoms with van der Waals surface area (Å²) in [5.74, 6) is -0.312. The molecule has 2 heterocycles. The van der Waals surface area contributed by atoms with Crippen LogP contribution in [-0.4, -0.2) is 22.6 Å². The smallest absolute Gasteiger partial charge is 0.412 e. The van der Waals surface area contributed by atoms with E-state index in [0.29, 0.717) is 16.9 Å². The number of nitrogens with one attached hydrogen (secondary N) is 2. The van der Waals surface area contributed by atoms with Crippen molar-refractivity contribution >= 4 is 34.7 Å². The summed E-state index contributed by atoms with van der Waals surface area (Å²) in [6.07, 6.45) is 0.934. The Labute approximate surface area is 173 Å². The number of aromatic nitrogens is 1. The van der Waals surface area contributed by atoms with Crippen molar-refractivity contribution in [2.24, 2.45) is 0 Å². The summed E-state index contributed by atoms with van der Waals surface area (Å²) in [7, 11) is 0. The predicted octanol–water partition coefficient (Wildman–Crippen LogP) is 5.72. The molecular formula is C22H23N3O3S. The van der Waals surface area contributed by atoms with Crippen LogP contribution in [0.5, 0.6) is 0 Å². The molecule has 0 unspecified atom stereocenters.